The van der Waals surface area contributed by atoms with Crippen molar-refractivity contribution in [3.8, 4) is 11.4 Å². The summed E-state index contributed by atoms with van der Waals surface area (Å²) >= 11 is 0. The first-order chi connectivity index (χ1) is 16.4. The number of carbonyl (C=O) groups is 1. The molecule has 1 fully saturated rings. The quantitative estimate of drug-likeness (QED) is 0.469. The molecule has 0 aliphatic carbocycles. The third kappa shape index (κ3) is 5.64. The Morgan fingerprint density at radius 3 is 2.40 bits per heavy atom. The molecule has 4 rings (SSSR count). The number of aryl methyl sites for hydroxylation is 1. The van der Waals surface area contributed by atoms with Gasteiger partial charge in [0.05, 0.1) is 23.0 Å². The number of benzene rings is 1. The normalized spacial score (nSPS) is 15.3. The van der Waals surface area contributed by atoms with Crippen molar-refractivity contribution >= 4 is 17.4 Å². The Labute approximate surface area is 201 Å². The Morgan fingerprint density at radius 2 is 1.83 bits per heavy atom. The number of rotatable bonds is 5. The average molecular weight is 488 g/mol. The molecular formula is C25H28F3N5O2. The number of nitrogens with zero attached hydrogens (tertiary/aromatic N) is 3. The van der Waals surface area contributed by atoms with Crippen molar-refractivity contribution in [2.24, 2.45) is 5.92 Å². The maximum Gasteiger partial charge on any atom is 0.416 e. The van der Waals surface area contributed by atoms with Crippen molar-refractivity contribution in [1.82, 2.24) is 15.0 Å². The maximum atomic E-state index is 12.8. The van der Waals surface area contributed by atoms with Gasteiger partial charge in [0.2, 0.25) is 0 Å². The summed E-state index contributed by atoms with van der Waals surface area (Å²) in [7, 11) is 0. The van der Waals surface area contributed by atoms with Gasteiger partial charge in [-0.25, -0.2) is 9.97 Å². The van der Waals surface area contributed by atoms with Gasteiger partial charge >= 0.3 is 6.18 Å². The number of anilines is 2. The van der Waals surface area contributed by atoms with Crippen LogP contribution in [0.3, 0.4) is 0 Å². The number of piperidine rings is 1. The molecule has 1 aliphatic rings. The van der Waals surface area contributed by atoms with Gasteiger partial charge in [0.25, 0.3) is 5.91 Å². The van der Waals surface area contributed by atoms with Crippen LogP contribution in [0.15, 0.2) is 42.7 Å². The first-order valence-corrected chi connectivity index (χ1v) is 11.4. The highest BCUT2D eigenvalue weighted by Crippen LogP contribution is 2.32. The number of hydrogen-bond acceptors (Lipinski definition) is 5. The number of carbonyl (C=O) groups excluding carboxylic acids is 1. The Hall–Kier alpha value is -3.40. The van der Waals surface area contributed by atoms with Crippen LogP contribution in [0.4, 0.5) is 24.7 Å². The fraction of sp³-hybridized carbons (Fsp3) is 0.400. The Morgan fingerprint density at radius 1 is 1.17 bits per heavy atom. The van der Waals surface area contributed by atoms with Crippen molar-refractivity contribution in [2.75, 3.05) is 23.3 Å². The van der Waals surface area contributed by atoms with E-state index in [-0.39, 0.29) is 11.6 Å². The second-order valence-electron chi connectivity index (χ2n) is 9.44. The van der Waals surface area contributed by atoms with Crippen LogP contribution in [0.2, 0.25) is 0 Å². The molecule has 0 bridgehead atoms. The van der Waals surface area contributed by atoms with Gasteiger partial charge < -0.3 is 20.3 Å². The van der Waals surface area contributed by atoms with Crippen molar-refractivity contribution in [3.05, 3.63) is 59.5 Å². The van der Waals surface area contributed by atoms with E-state index in [1.54, 1.807) is 6.20 Å². The highest BCUT2D eigenvalue weighted by molar-refractivity contribution is 6.03. The van der Waals surface area contributed by atoms with E-state index in [2.05, 4.69) is 25.2 Å². The van der Waals surface area contributed by atoms with Gasteiger partial charge in [-0.15, -0.1) is 0 Å². The number of aliphatic hydroxyl groups is 1. The Bertz CT molecular complexity index is 1190. The molecule has 0 unspecified atom stereocenters. The highest BCUT2D eigenvalue weighted by Gasteiger charge is 2.31. The lowest BCUT2D eigenvalue weighted by Gasteiger charge is -2.38. The number of amides is 1. The molecule has 3 N–H and O–H groups in total. The minimum atomic E-state index is -4.42. The number of imidazole rings is 1. The number of alkyl halides is 3. The number of H-pyrrole nitrogens is 1. The summed E-state index contributed by atoms with van der Waals surface area (Å²) in [6, 6.07) is 6.40. The fourth-order valence-electron chi connectivity index (χ4n) is 4.36. The molecular weight excluding hydrogens is 459 g/mol. The van der Waals surface area contributed by atoms with E-state index in [4.69, 9.17) is 0 Å². The molecule has 1 aliphatic heterocycles. The first kappa shape index (κ1) is 24.7. The van der Waals surface area contributed by atoms with Crippen molar-refractivity contribution < 1.29 is 23.1 Å². The molecule has 3 aromatic rings. The predicted octanol–water partition coefficient (Wildman–Crippen LogP) is 5.04. The largest absolute Gasteiger partial charge is 0.416 e. The zero-order valence-corrected chi connectivity index (χ0v) is 19.8. The molecule has 0 radical (unpaired) electrons. The number of hydrogen-bond donors (Lipinski definition) is 3. The van der Waals surface area contributed by atoms with Crippen LogP contribution in [-0.4, -0.2) is 44.7 Å². The predicted molar refractivity (Wildman–Crippen MR) is 127 cm³/mol. The minimum Gasteiger partial charge on any atom is -0.390 e. The average Bonchev–Trinajstić information content (AvgIpc) is 3.29. The van der Waals surface area contributed by atoms with Crippen LogP contribution in [0.5, 0.6) is 0 Å². The summed E-state index contributed by atoms with van der Waals surface area (Å²) in [4.78, 5) is 26.4. The molecule has 0 atom stereocenters. The summed E-state index contributed by atoms with van der Waals surface area (Å²) in [5.74, 6) is 0.933. The first-order valence-electron chi connectivity index (χ1n) is 11.4. The lowest BCUT2D eigenvalue weighted by atomic mass is 9.83. The summed E-state index contributed by atoms with van der Waals surface area (Å²) in [6.45, 7) is 7.22. The number of aromatic nitrogens is 3. The maximum absolute atomic E-state index is 12.8. The summed E-state index contributed by atoms with van der Waals surface area (Å²) in [5, 5.41) is 13.0. The SMILES string of the molecule is Cc1cc(NC(=O)c2c[nH]c(-c3ccc(C(F)(F)F)cc3)n2)cnc1N1CCC(C(C)(C)O)CC1. The zero-order chi connectivity index (χ0) is 25.4. The molecule has 1 saturated heterocycles. The van der Waals surface area contributed by atoms with Crippen LogP contribution in [0.1, 0.15) is 48.3 Å². The van der Waals surface area contributed by atoms with Gasteiger partial charge in [0.15, 0.2) is 0 Å². The van der Waals surface area contributed by atoms with Gasteiger partial charge in [-0.3, -0.25) is 4.79 Å². The minimum absolute atomic E-state index is 0.107. The number of aromatic amines is 1. The smallest absolute Gasteiger partial charge is 0.390 e. The molecule has 2 aromatic heterocycles. The van der Waals surface area contributed by atoms with Crippen LogP contribution in [0, 0.1) is 12.8 Å². The molecule has 1 amide bonds. The van der Waals surface area contributed by atoms with E-state index < -0.39 is 23.2 Å². The lowest BCUT2D eigenvalue weighted by molar-refractivity contribution is -0.137. The monoisotopic (exact) mass is 487 g/mol. The number of nitrogens with one attached hydrogen (secondary N) is 2. The zero-order valence-electron chi connectivity index (χ0n) is 19.8. The number of pyridine rings is 1. The standard InChI is InChI=1S/C25H28F3N5O2/c1-15-12-19(13-30-22(15)33-10-8-17(9-11-33)24(2,3)35)31-23(34)20-14-29-21(32-20)16-4-6-18(7-5-16)25(26,27)28/h4-7,12-14,17,35H,8-11H2,1-3H3,(H,29,32)(H,31,34). The number of halogens is 3. The van der Waals surface area contributed by atoms with Crippen LogP contribution >= 0.6 is 0 Å². The second-order valence-corrected chi connectivity index (χ2v) is 9.44. The molecule has 0 saturated carbocycles. The highest BCUT2D eigenvalue weighted by atomic mass is 19.4. The van der Waals surface area contributed by atoms with Gasteiger partial charge in [-0.1, -0.05) is 12.1 Å². The van der Waals surface area contributed by atoms with Crippen LogP contribution in [-0.2, 0) is 6.18 Å². The van der Waals surface area contributed by atoms with Crippen molar-refractivity contribution in [3.63, 3.8) is 0 Å². The topological polar surface area (TPSA) is 94.1 Å². The molecule has 186 valence electrons. The van der Waals surface area contributed by atoms with E-state index >= 15 is 0 Å². The summed E-state index contributed by atoms with van der Waals surface area (Å²) < 4.78 is 38.3. The second kappa shape index (κ2) is 9.33. The fourth-order valence-corrected chi connectivity index (χ4v) is 4.36. The molecule has 0 spiro atoms. The summed E-state index contributed by atoms with van der Waals surface area (Å²) in [5.41, 5.74) is 0.529. The van der Waals surface area contributed by atoms with Gasteiger partial charge in [-0.05, 0) is 63.3 Å². The van der Waals surface area contributed by atoms with Crippen LogP contribution in [0.25, 0.3) is 11.4 Å². The van der Waals surface area contributed by atoms with Crippen LogP contribution < -0.4 is 10.2 Å². The summed E-state index contributed by atoms with van der Waals surface area (Å²) in [6.07, 6.45) is 0.337. The third-order valence-corrected chi connectivity index (χ3v) is 6.40. The van der Waals surface area contributed by atoms with E-state index in [0.717, 1.165) is 49.4 Å². The van der Waals surface area contributed by atoms with E-state index in [1.165, 1.54) is 18.3 Å². The van der Waals surface area contributed by atoms with Gasteiger partial charge in [0, 0.05) is 24.8 Å². The molecule has 7 nitrogen and oxygen atoms in total. The van der Waals surface area contributed by atoms with E-state index in [9.17, 15) is 23.1 Å². The van der Waals surface area contributed by atoms with Gasteiger partial charge in [0.1, 0.15) is 17.3 Å². The van der Waals surface area contributed by atoms with Crippen molar-refractivity contribution in [2.45, 2.75) is 45.4 Å². The van der Waals surface area contributed by atoms with Gasteiger partial charge in [-0.2, -0.15) is 13.2 Å². The lowest BCUT2D eigenvalue weighted by Crippen LogP contribution is -2.42. The van der Waals surface area contributed by atoms with E-state index in [0.29, 0.717) is 17.1 Å². The molecule has 35 heavy (non-hydrogen) atoms. The third-order valence-electron chi connectivity index (χ3n) is 6.40. The Balaban J connectivity index is 1.40. The van der Waals surface area contributed by atoms with Crippen molar-refractivity contribution in [1.29, 1.82) is 0 Å². The Kier molecular flexibility index (Phi) is 6.59. The van der Waals surface area contributed by atoms with E-state index in [1.807, 2.05) is 26.8 Å². The molecule has 3 heterocycles. The molecule has 1 aromatic carbocycles. The molecule has 10 heteroatoms.